The molecule has 2 aliphatic carbocycles. The van der Waals surface area contributed by atoms with Gasteiger partial charge in [0.05, 0.1) is 11.8 Å². The highest BCUT2D eigenvalue weighted by atomic mass is 32.2. The molecule has 7 heteroatoms. The molecule has 98 valence electrons. The molecule has 1 heterocycles. The minimum atomic E-state index is 0.0738. The molecule has 18 heavy (non-hydrogen) atoms. The quantitative estimate of drug-likeness (QED) is 0.779. The fourth-order valence-electron chi connectivity index (χ4n) is 1.97. The molecule has 2 fully saturated rings. The van der Waals surface area contributed by atoms with Crippen molar-refractivity contribution in [2.75, 3.05) is 5.75 Å². The maximum absolute atomic E-state index is 11.8. The summed E-state index contributed by atoms with van der Waals surface area (Å²) in [6.07, 6.45) is 4.77. The largest absolute Gasteiger partial charge is 0.353 e. The lowest BCUT2D eigenvalue weighted by atomic mass is 10.2. The van der Waals surface area contributed by atoms with Crippen LogP contribution in [0.4, 0.5) is 0 Å². The van der Waals surface area contributed by atoms with E-state index in [4.69, 9.17) is 0 Å². The first kappa shape index (κ1) is 12.0. The van der Waals surface area contributed by atoms with Gasteiger partial charge < -0.3 is 5.32 Å². The maximum atomic E-state index is 11.8. The van der Waals surface area contributed by atoms with E-state index in [9.17, 15) is 4.79 Å². The van der Waals surface area contributed by atoms with E-state index in [1.807, 2.05) is 4.68 Å². The summed E-state index contributed by atoms with van der Waals surface area (Å²) in [6.45, 7) is 2.08. The van der Waals surface area contributed by atoms with Crippen molar-refractivity contribution in [3.63, 3.8) is 0 Å². The smallest absolute Gasteiger partial charge is 0.230 e. The predicted octanol–water partition coefficient (Wildman–Crippen LogP) is 1.01. The number of rotatable bonds is 6. The molecule has 0 radical (unpaired) electrons. The Hall–Kier alpha value is -1.11. The van der Waals surface area contributed by atoms with E-state index < -0.39 is 0 Å². The van der Waals surface area contributed by atoms with E-state index in [1.165, 1.54) is 24.6 Å². The van der Waals surface area contributed by atoms with E-state index in [1.54, 1.807) is 0 Å². The van der Waals surface area contributed by atoms with Gasteiger partial charge in [-0.25, -0.2) is 4.68 Å². The van der Waals surface area contributed by atoms with Crippen molar-refractivity contribution >= 4 is 17.7 Å². The summed E-state index contributed by atoms with van der Waals surface area (Å²) in [5.41, 5.74) is 0. The van der Waals surface area contributed by atoms with Crippen molar-refractivity contribution in [3.8, 4) is 0 Å². The Morgan fingerprint density at radius 2 is 2.28 bits per heavy atom. The summed E-state index contributed by atoms with van der Waals surface area (Å²) in [5, 5.41) is 15.4. The first-order chi connectivity index (χ1) is 8.74. The van der Waals surface area contributed by atoms with Crippen LogP contribution in [-0.2, 0) is 4.79 Å². The SMILES string of the molecule is CC(NC(=O)CSc1nnnn1C1CC1)C1CC1. The van der Waals surface area contributed by atoms with Crippen LogP contribution in [0, 0.1) is 5.92 Å². The van der Waals surface area contributed by atoms with E-state index in [2.05, 4.69) is 27.8 Å². The number of hydrogen-bond donors (Lipinski definition) is 1. The van der Waals surface area contributed by atoms with Crippen molar-refractivity contribution < 1.29 is 4.79 Å². The van der Waals surface area contributed by atoms with Gasteiger partial charge >= 0.3 is 0 Å². The third-order valence-corrected chi connectivity index (χ3v) is 4.34. The normalized spacial score (nSPS) is 20.7. The maximum Gasteiger partial charge on any atom is 0.230 e. The lowest BCUT2D eigenvalue weighted by molar-refractivity contribution is -0.119. The zero-order valence-corrected chi connectivity index (χ0v) is 11.2. The van der Waals surface area contributed by atoms with Crippen LogP contribution in [0.3, 0.4) is 0 Å². The molecule has 0 saturated heterocycles. The number of thioether (sulfide) groups is 1. The van der Waals surface area contributed by atoms with E-state index in [-0.39, 0.29) is 5.91 Å². The third kappa shape index (κ3) is 2.82. The molecule has 2 aliphatic rings. The summed E-state index contributed by atoms with van der Waals surface area (Å²) < 4.78 is 1.84. The molecule has 3 rings (SSSR count). The van der Waals surface area contributed by atoms with Crippen molar-refractivity contribution in [2.45, 2.75) is 49.8 Å². The van der Waals surface area contributed by atoms with Gasteiger partial charge in [0.25, 0.3) is 0 Å². The third-order valence-electron chi connectivity index (χ3n) is 3.41. The average molecular weight is 267 g/mol. The Kier molecular flexibility index (Phi) is 3.23. The minimum absolute atomic E-state index is 0.0738. The first-order valence-corrected chi connectivity index (χ1v) is 7.42. The Morgan fingerprint density at radius 1 is 1.50 bits per heavy atom. The number of carbonyl (C=O) groups excluding carboxylic acids is 1. The summed E-state index contributed by atoms with van der Waals surface area (Å²) in [6, 6.07) is 0.758. The highest BCUT2D eigenvalue weighted by Crippen LogP contribution is 2.36. The Bertz CT molecular complexity index is 440. The first-order valence-electron chi connectivity index (χ1n) is 6.44. The number of nitrogens with one attached hydrogen (secondary N) is 1. The van der Waals surface area contributed by atoms with E-state index in [0.29, 0.717) is 23.8 Å². The molecule has 0 aliphatic heterocycles. The van der Waals surface area contributed by atoms with Crippen LogP contribution >= 0.6 is 11.8 Å². The molecule has 1 unspecified atom stereocenters. The molecule has 0 spiro atoms. The zero-order chi connectivity index (χ0) is 12.5. The van der Waals surface area contributed by atoms with Crippen LogP contribution in [0.5, 0.6) is 0 Å². The topological polar surface area (TPSA) is 72.7 Å². The minimum Gasteiger partial charge on any atom is -0.353 e. The number of nitrogens with zero attached hydrogens (tertiary/aromatic N) is 4. The van der Waals surface area contributed by atoms with Crippen molar-refractivity contribution in [3.05, 3.63) is 0 Å². The standard InChI is InChI=1S/C11H17N5OS/c1-7(8-2-3-8)12-10(17)6-18-11-13-14-15-16(11)9-4-5-9/h7-9H,2-6H2,1H3,(H,12,17). The van der Waals surface area contributed by atoms with Gasteiger partial charge in [-0.2, -0.15) is 0 Å². The highest BCUT2D eigenvalue weighted by Gasteiger charge is 2.30. The lowest BCUT2D eigenvalue weighted by Gasteiger charge is -2.12. The van der Waals surface area contributed by atoms with Crippen LogP contribution in [0.25, 0.3) is 0 Å². The van der Waals surface area contributed by atoms with Gasteiger partial charge in [-0.1, -0.05) is 11.8 Å². The molecule has 0 aromatic carbocycles. The van der Waals surface area contributed by atoms with Gasteiger partial charge in [-0.15, -0.1) is 5.10 Å². The Balaban J connectivity index is 1.47. The second-order valence-corrected chi connectivity index (χ2v) is 6.06. The van der Waals surface area contributed by atoms with Crippen LogP contribution in [0.1, 0.15) is 38.6 Å². The van der Waals surface area contributed by atoms with Gasteiger partial charge in [0.2, 0.25) is 11.1 Å². The fourth-order valence-corrected chi connectivity index (χ4v) is 2.72. The van der Waals surface area contributed by atoms with Crippen LogP contribution in [-0.4, -0.2) is 37.9 Å². The zero-order valence-electron chi connectivity index (χ0n) is 10.4. The van der Waals surface area contributed by atoms with Gasteiger partial charge in [-0.3, -0.25) is 4.79 Å². The molecule has 1 aromatic rings. The Labute approximate surface area is 110 Å². The molecule has 6 nitrogen and oxygen atoms in total. The number of carbonyl (C=O) groups is 1. The summed E-state index contributed by atoms with van der Waals surface area (Å²) in [7, 11) is 0. The summed E-state index contributed by atoms with van der Waals surface area (Å²) >= 11 is 1.42. The highest BCUT2D eigenvalue weighted by molar-refractivity contribution is 7.99. The van der Waals surface area contributed by atoms with Gasteiger partial charge in [-0.05, 0) is 49.0 Å². The van der Waals surface area contributed by atoms with Crippen LogP contribution in [0.15, 0.2) is 5.16 Å². The number of aromatic nitrogens is 4. The second-order valence-electron chi connectivity index (χ2n) is 5.12. The molecule has 1 amide bonds. The average Bonchev–Trinajstić information content (AvgIpc) is 3.24. The van der Waals surface area contributed by atoms with Gasteiger partial charge in [0.1, 0.15) is 0 Å². The van der Waals surface area contributed by atoms with Crippen molar-refractivity contribution in [1.29, 1.82) is 0 Å². The lowest BCUT2D eigenvalue weighted by Crippen LogP contribution is -2.35. The molecular formula is C11H17N5OS. The summed E-state index contributed by atoms with van der Waals surface area (Å²) in [5.74, 6) is 1.16. The van der Waals surface area contributed by atoms with Gasteiger partial charge in [0.15, 0.2) is 0 Å². The van der Waals surface area contributed by atoms with E-state index >= 15 is 0 Å². The second kappa shape index (κ2) is 4.87. The molecule has 2 saturated carbocycles. The predicted molar refractivity (Wildman–Crippen MR) is 67.1 cm³/mol. The fraction of sp³-hybridized carbons (Fsp3) is 0.818. The molecular weight excluding hydrogens is 250 g/mol. The monoisotopic (exact) mass is 267 g/mol. The van der Waals surface area contributed by atoms with E-state index in [0.717, 1.165) is 18.0 Å². The van der Waals surface area contributed by atoms with Crippen molar-refractivity contribution in [1.82, 2.24) is 25.5 Å². The molecule has 0 bridgehead atoms. The van der Waals surface area contributed by atoms with Crippen LogP contribution < -0.4 is 5.32 Å². The number of hydrogen-bond acceptors (Lipinski definition) is 5. The molecule has 1 aromatic heterocycles. The number of amides is 1. The number of tetrazole rings is 1. The molecule has 1 N–H and O–H groups in total. The van der Waals surface area contributed by atoms with Crippen LogP contribution in [0.2, 0.25) is 0 Å². The molecule has 1 atom stereocenters. The van der Waals surface area contributed by atoms with Gasteiger partial charge in [0, 0.05) is 6.04 Å². The van der Waals surface area contributed by atoms with Crippen molar-refractivity contribution in [2.24, 2.45) is 5.92 Å². The Morgan fingerprint density at radius 3 is 2.94 bits per heavy atom. The summed E-state index contributed by atoms with van der Waals surface area (Å²) in [4.78, 5) is 11.8.